The highest BCUT2D eigenvalue weighted by Gasteiger charge is 2.25. The van der Waals surface area contributed by atoms with Crippen molar-refractivity contribution in [2.24, 2.45) is 5.92 Å². The standard InChI is InChI=1S/C16H27N3O4/c20-14(6-5-13-3-1-2-4-13)18-9-11-19(12-10-18)16(23)17-8-7-15(21)22/h13H,1-12H2,(H,17,23)(H,21,22). The monoisotopic (exact) mass is 325 g/mol. The summed E-state index contributed by atoms with van der Waals surface area (Å²) in [6.45, 7) is 2.28. The molecule has 130 valence electrons. The van der Waals surface area contributed by atoms with Crippen LogP contribution in [0.25, 0.3) is 0 Å². The number of carboxylic acids is 1. The molecule has 0 atom stereocenters. The van der Waals surface area contributed by atoms with Crippen molar-refractivity contribution in [1.82, 2.24) is 15.1 Å². The zero-order valence-corrected chi connectivity index (χ0v) is 13.6. The molecule has 0 aromatic carbocycles. The number of amides is 3. The largest absolute Gasteiger partial charge is 0.481 e. The molecule has 7 heteroatoms. The average Bonchev–Trinajstić information content (AvgIpc) is 3.05. The molecule has 2 fully saturated rings. The molecule has 0 bridgehead atoms. The minimum absolute atomic E-state index is 0.0780. The Balaban J connectivity index is 1.63. The van der Waals surface area contributed by atoms with E-state index in [-0.39, 0.29) is 24.9 Å². The van der Waals surface area contributed by atoms with E-state index >= 15 is 0 Å². The number of carbonyl (C=O) groups excluding carboxylic acids is 2. The van der Waals surface area contributed by atoms with E-state index < -0.39 is 5.97 Å². The first kappa shape index (κ1) is 17.6. The molecule has 23 heavy (non-hydrogen) atoms. The number of carbonyl (C=O) groups is 3. The van der Waals surface area contributed by atoms with Crippen molar-refractivity contribution >= 4 is 17.9 Å². The lowest BCUT2D eigenvalue weighted by Gasteiger charge is -2.35. The van der Waals surface area contributed by atoms with Crippen molar-refractivity contribution in [3.8, 4) is 0 Å². The van der Waals surface area contributed by atoms with Gasteiger partial charge < -0.3 is 20.2 Å². The Morgan fingerprint density at radius 1 is 0.957 bits per heavy atom. The van der Waals surface area contributed by atoms with Crippen LogP contribution in [0.1, 0.15) is 44.9 Å². The number of hydrogen-bond acceptors (Lipinski definition) is 3. The summed E-state index contributed by atoms with van der Waals surface area (Å²) < 4.78 is 0. The van der Waals surface area contributed by atoms with Gasteiger partial charge in [0, 0.05) is 39.1 Å². The molecule has 1 heterocycles. The third-order valence-electron chi connectivity index (χ3n) is 4.78. The lowest BCUT2D eigenvalue weighted by molar-refractivity contribution is -0.137. The summed E-state index contributed by atoms with van der Waals surface area (Å²) in [4.78, 5) is 38.0. The summed E-state index contributed by atoms with van der Waals surface area (Å²) in [5.74, 6) is -0.00827. The molecule has 1 aliphatic heterocycles. The second kappa shape index (κ2) is 8.74. The molecule has 0 unspecified atom stereocenters. The SMILES string of the molecule is O=C(O)CCNC(=O)N1CCN(C(=O)CCC2CCCC2)CC1. The normalized spacial score (nSPS) is 19.0. The van der Waals surface area contributed by atoms with Gasteiger partial charge in [0.1, 0.15) is 0 Å². The summed E-state index contributed by atoms with van der Waals surface area (Å²) in [5.41, 5.74) is 0. The van der Waals surface area contributed by atoms with Gasteiger partial charge in [-0.3, -0.25) is 9.59 Å². The molecular formula is C16H27N3O4. The number of rotatable bonds is 6. The van der Waals surface area contributed by atoms with Gasteiger partial charge in [-0.2, -0.15) is 0 Å². The van der Waals surface area contributed by atoms with Crippen molar-refractivity contribution in [2.75, 3.05) is 32.7 Å². The maximum atomic E-state index is 12.2. The van der Waals surface area contributed by atoms with Crippen molar-refractivity contribution in [2.45, 2.75) is 44.9 Å². The van der Waals surface area contributed by atoms with Gasteiger partial charge in [0.05, 0.1) is 6.42 Å². The predicted molar refractivity (Wildman–Crippen MR) is 85.0 cm³/mol. The molecule has 0 aromatic heterocycles. The molecule has 1 aliphatic carbocycles. The second-order valence-electron chi connectivity index (χ2n) is 6.43. The van der Waals surface area contributed by atoms with Crippen LogP contribution in [0.15, 0.2) is 0 Å². The van der Waals surface area contributed by atoms with Crippen molar-refractivity contribution in [3.63, 3.8) is 0 Å². The Kier molecular flexibility index (Phi) is 6.67. The summed E-state index contributed by atoms with van der Waals surface area (Å²) in [6.07, 6.45) is 6.66. The van der Waals surface area contributed by atoms with Crippen LogP contribution in [0.3, 0.4) is 0 Å². The van der Waals surface area contributed by atoms with Crippen LogP contribution in [0.2, 0.25) is 0 Å². The number of hydrogen-bond donors (Lipinski definition) is 2. The van der Waals surface area contributed by atoms with E-state index in [4.69, 9.17) is 5.11 Å². The highest BCUT2D eigenvalue weighted by atomic mass is 16.4. The molecule has 3 amide bonds. The Bertz CT molecular complexity index is 427. The third-order valence-corrected chi connectivity index (χ3v) is 4.78. The van der Waals surface area contributed by atoms with E-state index in [2.05, 4.69) is 5.32 Å². The second-order valence-corrected chi connectivity index (χ2v) is 6.43. The van der Waals surface area contributed by atoms with Gasteiger partial charge in [-0.05, 0) is 12.3 Å². The molecule has 1 saturated heterocycles. The van der Waals surface area contributed by atoms with Gasteiger partial charge in [-0.15, -0.1) is 0 Å². The molecule has 7 nitrogen and oxygen atoms in total. The Hall–Kier alpha value is -1.79. The van der Waals surface area contributed by atoms with Crippen molar-refractivity contribution < 1.29 is 19.5 Å². The Labute approximate surface area is 137 Å². The summed E-state index contributed by atoms with van der Waals surface area (Å²) in [6, 6.07) is -0.246. The van der Waals surface area contributed by atoms with E-state index in [1.54, 1.807) is 4.90 Å². The first-order valence-corrected chi connectivity index (χ1v) is 8.58. The van der Waals surface area contributed by atoms with Gasteiger partial charge in [0.25, 0.3) is 0 Å². The van der Waals surface area contributed by atoms with Crippen LogP contribution in [0.4, 0.5) is 4.79 Å². The molecule has 2 aliphatic rings. The van der Waals surface area contributed by atoms with E-state index in [1.165, 1.54) is 25.7 Å². The van der Waals surface area contributed by atoms with Crippen LogP contribution in [-0.4, -0.2) is 65.5 Å². The number of carboxylic acid groups (broad SMARTS) is 1. The first-order valence-electron chi connectivity index (χ1n) is 8.58. The fourth-order valence-electron chi connectivity index (χ4n) is 3.33. The molecule has 0 radical (unpaired) electrons. The molecule has 2 N–H and O–H groups in total. The van der Waals surface area contributed by atoms with Crippen molar-refractivity contribution in [3.05, 3.63) is 0 Å². The van der Waals surface area contributed by atoms with E-state index in [0.29, 0.717) is 32.6 Å². The number of nitrogens with one attached hydrogen (secondary N) is 1. The van der Waals surface area contributed by atoms with Gasteiger partial charge in [-0.25, -0.2) is 4.79 Å². The smallest absolute Gasteiger partial charge is 0.317 e. The number of nitrogens with zero attached hydrogens (tertiary/aromatic N) is 2. The lowest BCUT2D eigenvalue weighted by atomic mass is 10.0. The molecular weight excluding hydrogens is 298 g/mol. The summed E-state index contributed by atoms with van der Waals surface area (Å²) in [7, 11) is 0. The van der Waals surface area contributed by atoms with E-state index in [9.17, 15) is 14.4 Å². The third kappa shape index (κ3) is 5.73. The van der Waals surface area contributed by atoms with Gasteiger partial charge >= 0.3 is 12.0 Å². The van der Waals surface area contributed by atoms with Gasteiger partial charge in [0.15, 0.2) is 0 Å². The fourth-order valence-corrected chi connectivity index (χ4v) is 3.33. The minimum Gasteiger partial charge on any atom is -0.481 e. The highest BCUT2D eigenvalue weighted by molar-refractivity contribution is 5.78. The van der Waals surface area contributed by atoms with E-state index in [0.717, 1.165) is 12.3 Å². The van der Waals surface area contributed by atoms with Crippen LogP contribution in [0.5, 0.6) is 0 Å². The molecule has 1 saturated carbocycles. The summed E-state index contributed by atoms with van der Waals surface area (Å²) >= 11 is 0. The number of piperazine rings is 1. The maximum absolute atomic E-state index is 12.2. The van der Waals surface area contributed by atoms with Crippen LogP contribution in [0, 0.1) is 5.92 Å². The highest BCUT2D eigenvalue weighted by Crippen LogP contribution is 2.28. The number of urea groups is 1. The van der Waals surface area contributed by atoms with E-state index in [1.807, 2.05) is 4.90 Å². The van der Waals surface area contributed by atoms with Crippen LogP contribution in [-0.2, 0) is 9.59 Å². The lowest BCUT2D eigenvalue weighted by Crippen LogP contribution is -2.53. The maximum Gasteiger partial charge on any atom is 0.317 e. The number of aliphatic carboxylic acids is 1. The van der Waals surface area contributed by atoms with Crippen LogP contribution < -0.4 is 5.32 Å². The minimum atomic E-state index is -0.928. The molecule has 2 rings (SSSR count). The Morgan fingerprint density at radius 2 is 1.57 bits per heavy atom. The van der Waals surface area contributed by atoms with Gasteiger partial charge in [-0.1, -0.05) is 25.7 Å². The zero-order chi connectivity index (χ0) is 16.7. The topological polar surface area (TPSA) is 89.9 Å². The summed E-state index contributed by atoms with van der Waals surface area (Å²) in [5, 5.41) is 11.1. The quantitative estimate of drug-likeness (QED) is 0.770. The average molecular weight is 325 g/mol. The predicted octanol–water partition coefficient (Wildman–Crippen LogP) is 1.29. The first-order chi connectivity index (χ1) is 11.1. The fraction of sp³-hybridized carbons (Fsp3) is 0.812. The zero-order valence-electron chi connectivity index (χ0n) is 13.6. The Morgan fingerprint density at radius 3 is 2.17 bits per heavy atom. The molecule has 0 aromatic rings. The molecule has 0 spiro atoms. The van der Waals surface area contributed by atoms with Gasteiger partial charge in [0.2, 0.25) is 5.91 Å². The van der Waals surface area contributed by atoms with Crippen LogP contribution >= 0.6 is 0 Å². The van der Waals surface area contributed by atoms with Crippen molar-refractivity contribution in [1.29, 1.82) is 0 Å².